The number of rotatable bonds is 8. The highest BCUT2D eigenvalue weighted by atomic mass is 16.5. The van der Waals surface area contributed by atoms with Crippen LogP contribution in [0.2, 0.25) is 0 Å². The number of pyridine rings is 1. The predicted octanol–water partition coefficient (Wildman–Crippen LogP) is 5.40. The first-order valence-corrected chi connectivity index (χ1v) is 11.9. The molecule has 1 saturated heterocycles. The maximum atomic E-state index is 13.6. The lowest BCUT2D eigenvalue weighted by molar-refractivity contribution is 0.0606. The molecule has 4 rings (SSSR count). The zero-order chi connectivity index (χ0) is 23.0. The summed E-state index contributed by atoms with van der Waals surface area (Å²) in [4.78, 5) is 29.4. The number of amides is 1. The van der Waals surface area contributed by atoms with Crippen molar-refractivity contribution in [3.8, 4) is 11.1 Å². The molecule has 0 saturated carbocycles. The van der Waals surface area contributed by atoms with Gasteiger partial charge in [-0.3, -0.25) is 9.78 Å². The lowest BCUT2D eigenvalue weighted by Crippen LogP contribution is -2.39. The molecule has 0 N–H and O–H groups in total. The van der Waals surface area contributed by atoms with Crippen LogP contribution in [0.3, 0.4) is 0 Å². The number of ether oxygens (including phenoxy) is 1. The summed E-state index contributed by atoms with van der Waals surface area (Å²) in [5.74, 6) is 0.891. The van der Waals surface area contributed by atoms with Crippen molar-refractivity contribution in [2.24, 2.45) is 0 Å². The van der Waals surface area contributed by atoms with Crippen molar-refractivity contribution < 1.29 is 9.53 Å². The summed E-state index contributed by atoms with van der Waals surface area (Å²) in [7, 11) is 0. The lowest BCUT2D eigenvalue weighted by Gasteiger charge is -2.36. The summed E-state index contributed by atoms with van der Waals surface area (Å²) in [6.45, 7) is 6.08. The fraction of sp³-hybridized carbons (Fsp3) is 0.407. The van der Waals surface area contributed by atoms with Gasteiger partial charge in [0, 0.05) is 49.3 Å². The number of nitrogens with zero attached hydrogens (tertiary/aromatic N) is 4. The van der Waals surface area contributed by atoms with Gasteiger partial charge in [0.15, 0.2) is 0 Å². The van der Waals surface area contributed by atoms with Crippen molar-refractivity contribution in [1.82, 2.24) is 19.9 Å². The largest absolute Gasteiger partial charge is 0.377 e. The van der Waals surface area contributed by atoms with E-state index >= 15 is 0 Å². The average Bonchev–Trinajstić information content (AvgIpc) is 2.88. The van der Waals surface area contributed by atoms with Crippen LogP contribution in [-0.4, -0.2) is 38.9 Å². The van der Waals surface area contributed by atoms with Crippen molar-refractivity contribution in [3.05, 3.63) is 77.6 Å². The predicted molar refractivity (Wildman–Crippen MR) is 129 cm³/mol. The summed E-state index contributed by atoms with van der Waals surface area (Å²) in [5, 5.41) is 0. The lowest BCUT2D eigenvalue weighted by atomic mass is 9.93. The molecule has 1 amide bonds. The van der Waals surface area contributed by atoms with Crippen LogP contribution in [0.25, 0.3) is 11.1 Å². The third-order valence-corrected chi connectivity index (χ3v) is 6.09. The van der Waals surface area contributed by atoms with E-state index in [1.54, 1.807) is 12.4 Å². The van der Waals surface area contributed by atoms with Gasteiger partial charge < -0.3 is 9.64 Å². The highest BCUT2D eigenvalue weighted by Gasteiger charge is 2.32. The van der Waals surface area contributed by atoms with Crippen molar-refractivity contribution >= 4 is 5.91 Å². The van der Waals surface area contributed by atoms with Crippen LogP contribution in [0.1, 0.15) is 73.0 Å². The number of likely N-dealkylation sites (tertiary alicyclic amines) is 1. The molecule has 33 heavy (non-hydrogen) atoms. The third-order valence-electron chi connectivity index (χ3n) is 6.09. The van der Waals surface area contributed by atoms with Gasteiger partial charge in [0.25, 0.3) is 5.91 Å². The highest BCUT2D eigenvalue weighted by molar-refractivity contribution is 5.94. The van der Waals surface area contributed by atoms with Gasteiger partial charge in [-0.05, 0) is 68.0 Å². The Kier molecular flexibility index (Phi) is 7.79. The number of hydrogen-bond donors (Lipinski definition) is 0. The Balaban J connectivity index is 1.68. The van der Waals surface area contributed by atoms with E-state index in [0.29, 0.717) is 18.8 Å². The molecule has 2 aromatic heterocycles. The molecule has 6 heteroatoms. The second-order valence-corrected chi connectivity index (χ2v) is 8.42. The van der Waals surface area contributed by atoms with Crippen LogP contribution in [0, 0.1) is 0 Å². The van der Waals surface area contributed by atoms with E-state index in [1.165, 1.54) is 0 Å². The van der Waals surface area contributed by atoms with Gasteiger partial charge in [-0.1, -0.05) is 19.1 Å². The number of carbonyl (C=O) groups is 1. The van der Waals surface area contributed by atoms with Crippen LogP contribution in [0.5, 0.6) is 0 Å². The minimum Gasteiger partial charge on any atom is -0.377 e. The Bertz CT molecular complexity index is 1050. The van der Waals surface area contributed by atoms with E-state index in [0.717, 1.165) is 66.9 Å². The monoisotopic (exact) mass is 444 g/mol. The molecular weight excluding hydrogens is 412 g/mol. The second kappa shape index (κ2) is 11.1. The summed E-state index contributed by atoms with van der Waals surface area (Å²) in [6, 6.07) is 11.7. The highest BCUT2D eigenvalue weighted by Crippen LogP contribution is 2.36. The number of piperidine rings is 1. The maximum absolute atomic E-state index is 13.6. The zero-order valence-corrected chi connectivity index (χ0v) is 19.5. The standard InChI is InChI=1S/C27H32N4O2/c1-3-7-25-29-18-23(21-13-15-28-16-14-21)26(30-25)24-8-5-6-17-31(24)27(32)22-11-9-20(10-12-22)19-33-4-2/h9-16,18,24H,3-8,17,19H2,1-2H3/t24-/m0/s1. The molecular formula is C27H32N4O2. The number of carbonyl (C=O) groups excluding carboxylic acids is 1. The molecule has 0 spiro atoms. The first kappa shape index (κ1) is 23.1. The van der Waals surface area contributed by atoms with Gasteiger partial charge in [0.1, 0.15) is 5.82 Å². The Morgan fingerprint density at radius 1 is 1.09 bits per heavy atom. The molecule has 3 aromatic rings. The maximum Gasteiger partial charge on any atom is 0.254 e. The molecule has 1 aromatic carbocycles. The van der Waals surface area contributed by atoms with Crippen LogP contribution < -0.4 is 0 Å². The molecule has 3 heterocycles. The fourth-order valence-corrected chi connectivity index (χ4v) is 4.37. The Hall–Kier alpha value is -3.12. The smallest absolute Gasteiger partial charge is 0.254 e. The SMILES string of the molecule is CCCc1ncc(-c2ccncc2)c([C@@H]2CCCCN2C(=O)c2ccc(COCC)cc2)n1. The van der Waals surface area contributed by atoms with E-state index in [2.05, 4.69) is 16.9 Å². The first-order chi connectivity index (χ1) is 16.2. The first-order valence-electron chi connectivity index (χ1n) is 11.9. The van der Waals surface area contributed by atoms with Gasteiger partial charge >= 0.3 is 0 Å². The van der Waals surface area contributed by atoms with Gasteiger partial charge in [0.05, 0.1) is 18.3 Å². The number of benzene rings is 1. The Morgan fingerprint density at radius 3 is 2.61 bits per heavy atom. The fourth-order valence-electron chi connectivity index (χ4n) is 4.37. The molecule has 1 atom stereocenters. The summed E-state index contributed by atoms with van der Waals surface area (Å²) in [5.41, 5.74) is 4.73. The molecule has 0 radical (unpaired) electrons. The van der Waals surface area contributed by atoms with Gasteiger partial charge in [-0.25, -0.2) is 9.97 Å². The number of hydrogen-bond acceptors (Lipinski definition) is 5. The van der Waals surface area contributed by atoms with Crippen LogP contribution in [0.15, 0.2) is 55.0 Å². The van der Waals surface area contributed by atoms with Crippen molar-refractivity contribution in [2.45, 2.75) is 58.6 Å². The number of aromatic nitrogens is 3. The Morgan fingerprint density at radius 2 is 1.88 bits per heavy atom. The molecule has 1 aliphatic heterocycles. The zero-order valence-electron chi connectivity index (χ0n) is 19.5. The topological polar surface area (TPSA) is 68.2 Å². The van der Waals surface area contributed by atoms with Crippen LogP contribution in [0.4, 0.5) is 0 Å². The quantitative estimate of drug-likeness (QED) is 0.466. The summed E-state index contributed by atoms with van der Waals surface area (Å²) < 4.78 is 5.48. The van der Waals surface area contributed by atoms with E-state index in [4.69, 9.17) is 9.72 Å². The van der Waals surface area contributed by atoms with E-state index in [9.17, 15) is 4.79 Å². The summed E-state index contributed by atoms with van der Waals surface area (Å²) in [6.07, 6.45) is 10.3. The minimum absolute atomic E-state index is 0.0546. The number of aryl methyl sites for hydroxylation is 1. The van der Waals surface area contributed by atoms with E-state index < -0.39 is 0 Å². The Labute approximate surface area is 196 Å². The second-order valence-electron chi connectivity index (χ2n) is 8.42. The molecule has 1 fully saturated rings. The summed E-state index contributed by atoms with van der Waals surface area (Å²) >= 11 is 0. The molecule has 0 aliphatic carbocycles. The molecule has 0 bridgehead atoms. The van der Waals surface area contributed by atoms with E-state index in [-0.39, 0.29) is 11.9 Å². The molecule has 1 aliphatic rings. The average molecular weight is 445 g/mol. The van der Waals surface area contributed by atoms with E-state index in [1.807, 2.05) is 54.4 Å². The van der Waals surface area contributed by atoms with Gasteiger partial charge in [-0.2, -0.15) is 0 Å². The van der Waals surface area contributed by atoms with Crippen LogP contribution >= 0.6 is 0 Å². The van der Waals surface area contributed by atoms with Gasteiger partial charge in [0.2, 0.25) is 0 Å². The molecule has 172 valence electrons. The van der Waals surface area contributed by atoms with Crippen molar-refractivity contribution in [2.75, 3.05) is 13.2 Å². The van der Waals surface area contributed by atoms with Crippen molar-refractivity contribution in [1.29, 1.82) is 0 Å². The van der Waals surface area contributed by atoms with Crippen LogP contribution in [-0.2, 0) is 17.8 Å². The normalized spacial score (nSPS) is 16.1. The van der Waals surface area contributed by atoms with Gasteiger partial charge in [-0.15, -0.1) is 0 Å². The molecule has 0 unspecified atom stereocenters. The van der Waals surface area contributed by atoms with Crippen molar-refractivity contribution in [3.63, 3.8) is 0 Å². The third kappa shape index (κ3) is 5.45. The molecule has 6 nitrogen and oxygen atoms in total. The minimum atomic E-state index is -0.0730.